The molecule has 2 heterocycles. The van der Waals surface area contributed by atoms with Gasteiger partial charge in [-0.25, -0.2) is 4.68 Å². The third-order valence-corrected chi connectivity index (χ3v) is 5.45. The molecule has 0 unspecified atom stereocenters. The molecule has 28 heavy (non-hydrogen) atoms. The monoisotopic (exact) mass is 456 g/mol. The Hall–Kier alpha value is -1.59. The van der Waals surface area contributed by atoms with Gasteiger partial charge in [-0.2, -0.15) is 13.2 Å². The van der Waals surface area contributed by atoms with Crippen LogP contribution in [0.2, 0.25) is 0 Å². The molecule has 0 aliphatic carbocycles. The molecule has 0 N–H and O–H groups in total. The van der Waals surface area contributed by atoms with E-state index in [9.17, 15) is 13.2 Å². The van der Waals surface area contributed by atoms with Crippen LogP contribution in [0.3, 0.4) is 0 Å². The van der Waals surface area contributed by atoms with Crippen LogP contribution in [0.4, 0.5) is 13.2 Å². The smallest absolute Gasteiger partial charge is 0.295 e. The van der Waals surface area contributed by atoms with Crippen molar-refractivity contribution in [2.24, 2.45) is 11.3 Å². The first kappa shape index (κ1) is 21.1. The van der Waals surface area contributed by atoms with Crippen molar-refractivity contribution in [1.29, 1.82) is 0 Å². The molecule has 3 rings (SSSR count). The summed E-state index contributed by atoms with van der Waals surface area (Å²) in [6.07, 6.45) is -2.82. The Balaban J connectivity index is 1.70. The number of fused-ring (bicyclic) bond motifs is 1. The second-order valence-corrected chi connectivity index (χ2v) is 9.33. The quantitative estimate of drug-likeness (QED) is 0.604. The van der Waals surface area contributed by atoms with Gasteiger partial charge in [-0.1, -0.05) is 37.8 Å². The minimum absolute atomic E-state index is 0.0898. The fourth-order valence-electron chi connectivity index (χ4n) is 3.34. The van der Waals surface area contributed by atoms with Crippen LogP contribution in [0, 0.1) is 23.2 Å². The van der Waals surface area contributed by atoms with Crippen molar-refractivity contribution in [3.8, 4) is 11.8 Å². The van der Waals surface area contributed by atoms with E-state index >= 15 is 0 Å². The van der Waals surface area contributed by atoms with Crippen LogP contribution < -0.4 is 0 Å². The van der Waals surface area contributed by atoms with Gasteiger partial charge in [0.2, 0.25) is 0 Å². The van der Waals surface area contributed by atoms with Gasteiger partial charge in [0, 0.05) is 18.0 Å². The van der Waals surface area contributed by atoms with E-state index in [4.69, 9.17) is 0 Å². The van der Waals surface area contributed by atoms with Crippen molar-refractivity contribution in [1.82, 2.24) is 19.9 Å². The predicted octanol–water partition coefficient (Wildman–Crippen LogP) is 4.87. The molecule has 1 aromatic carbocycles. The lowest BCUT2D eigenvalue weighted by Crippen LogP contribution is -2.39. The zero-order chi connectivity index (χ0) is 20.5. The van der Waals surface area contributed by atoms with Crippen molar-refractivity contribution < 1.29 is 13.2 Å². The molecule has 1 saturated heterocycles. The largest absolute Gasteiger partial charge is 0.401 e. The lowest BCUT2D eigenvalue weighted by atomic mass is 9.97. The highest BCUT2D eigenvalue weighted by Gasteiger charge is 2.32. The summed E-state index contributed by atoms with van der Waals surface area (Å²) in [5.41, 5.74) is 2.64. The van der Waals surface area contributed by atoms with Gasteiger partial charge in [-0.15, -0.1) is 5.10 Å². The van der Waals surface area contributed by atoms with Crippen molar-refractivity contribution in [3.63, 3.8) is 0 Å². The number of nitrogens with zero attached hydrogens (tertiary/aromatic N) is 4. The maximum Gasteiger partial charge on any atom is 0.401 e. The molecule has 152 valence electrons. The molecule has 1 aromatic heterocycles. The number of aromatic nitrogens is 3. The third kappa shape index (κ3) is 5.48. The van der Waals surface area contributed by atoms with Gasteiger partial charge in [0.15, 0.2) is 0 Å². The highest BCUT2D eigenvalue weighted by molar-refractivity contribution is 9.10. The van der Waals surface area contributed by atoms with E-state index in [1.54, 1.807) is 0 Å². The molecule has 0 atom stereocenters. The van der Waals surface area contributed by atoms with E-state index in [0.29, 0.717) is 25.9 Å². The molecule has 1 aliphatic heterocycles. The maximum absolute atomic E-state index is 12.5. The van der Waals surface area contributed by atoms with Crippen LogP contribution in [-0.4, -0.2) is 45.7 Å². The number of alkyl halides is 3. The number of hydrogen-bond donors (Lipinski definition) is 0. The molecule has 0 spiro atoms. The number of piperidine rings is 1. The van der Waals surface area contributed by atoms with E-state index in [1.165, 1.54) is 4.90 Å². The highest BCUT2D eigenvalue weighted by Crippen LogP contribution is 2.28. The molecule has 1 fully saturated rings. The van der Waals surface area contributed by atoms with E-state index in [1.807, 2.05) is 16.8 Å². The summed E-state index contributed by atoms with van der Waals surface area (Å²) >= 11 is 3.59. The lowest BCUT2D eigenvalue weighted by molar-refractivity contribution is -0.148. The molecule has 1 aliphatic rings. The molecule has 2 aromatic rings. The van der Waals surface area contributed by atoms with Gasteiger partial charge in [0.1, 0.15) is 5.52 Å². The van der Waals surface area contributed by atoms with Crippen molar-refractivity contribution in [3.05, 3.63) is 22.2 Å². The summed E-state index contributed by atoms with van der Waals surface area (Å²) in [5.74, 6) is 6.52. The van der Waals surface area contributed by atoms with E-state index < -0.39 is 12.7 Å². The summed E-state index contributed by atoms with van der Waals surface area (Å²) < 4.78 is 40.2. The fraction of sp³-hybridized carbons (Fsp3) is 0.600. The van der Waals surface area contributed by atoms with Crippen LogP contribution in [0.25, 0.3) is 11.0 Å². The highest BCUT2D eigenvalue weighted by atomic mass is 79.9. The van der Waals surface area contributed by atoms with Gasteiger partial charge >= 0.3 is 6.18 Å². The number of halogens is 4. The maximum atomic E-state index is 12.5. The van der Waals surface area contributed by atoms with E-state index in [-0.39, 0.29) is 11.3 Å². The molecule has 4 nitrogen and oxygen atoms in total. The zero-order valence-electron chi connectivity index (χ0n) is 16.3. The third-order valence-electron chi connectivity index (χ3n) is 4.65. The van der Waals surface area contributed by atoms with E-state index in [0.717, 1.165) is 27.6 Å². The molecule has 0 amide bonds. The van der Waals surface area contributed by atoms with Crippen molar-refractivity contribution in [2.75, 3.05) is 19.6 Å². The van der Waals surface area contributed by atoms with Crippen LogP contribution in [-0.2, 0) is 6.54 Å². The van der Waals surface area contributed by atoms with Gasteiger partial charge in [-0.05, 0) is 59.4 Å². The van der Waals surface area contributed by atoms with Gasteiger partial charge in [0.25, 0.3) is 0 Å². The number of hydrogen-bond acceptors (Lipinski definition) is 3. The number of likely N-dealkylation sites (tertiary alicyclic amines) is 1. The number of rotatable bonds is 2. The Kier molecular flexibility index (Phi) is 6.06. The topological polar surface area (TPSA) is 34.0 Å². The zero-order valence-corrected chi connectivity index (χ0v) is 17.9. The minimum atomic E-state index is -4.14. The van der Waals surface area contributed by atoms with Crippen LogP contribution in [0.5, 0.6) is 0 Å². The summed E-state index contributed by atoms with van der Waals surface area (Å²) in [4.78, 5) is 1.45. The van der Waals surface area contributed by atoms with E-state index in [2.05, 4.69) is 58.9 Å². The summed E-state index contributed by atoms with van der Waals surface area (Å²) in [6.45, 7) is 7.23. The Bertz CT molecular complexity index is 894. The average Bonchev–Trinajstić information content (AvgIpc) is 2.96. The van der Waals surface area contributed by atoms with Crippen LogP contribution >= 0.6 is 15.9 Å². The molecular weight excluding hydrogens is 433 g/mol. The summed E-state index contributed by atoms with van der Waals surface area (Å²) in [7, 11) is 0. The molecule has 0 radical (unpaired) electrons. The molecule has 0 bridgehead atoms. The Morgan fingerprint density at radius 2 is 1.82 bits per heavy atom. The standard InChI is InChI=1S/C20H24BrF3N4/c1-19(2,3)12-28-16-7-6-15(17(21)18(16)25-26-28)5-4-14-8-10-27(11-9-14)13-20(22,23)24/h6-7,14H,8-13H2,1-3H3. The first-order valence-corrected chi connectivity index (χ1v) is 10.1. The summed E-state index contributed by atoms with van der Waals surface area (Å²) in [6, 6.07) is 3.92. The van der Waals surface area contributed by atoms with Crippen molar-refractivity contribution >= 4 is 27.0 Å². The predicted molar refractivity (Wildman–Crippen MR) is 107 cm³/mol. The molecule has 0 saturated carbocycles. The Morgan fingerprint density at radius 3 is 2.43 bits per heavy atom. The summed E-state index contributed by atoms with van der Waals surface area (Å²) in [5, 5.41) is 8.55. The van der Waals surface area contributed by atoms with Crippen LogP contribution in [0.15, 0.2) is 16.6 Å². The Morgan fingerprint density at radius 1 is 1.14 bits per heavy atom. The molecular formula is C20H24BrF3N4. The van der Waals surface area contributed by atoms with Gasteiger partial charge in [-0.3, -0.25) is 4.90 Å². The van der Waals surface area contributed by atoms with Gasteiger partial charge < -0.3 is 0 Å². The lowest BCUT2D eigenvalue weighted by Gasteiger charge is -2.30. The first-order chi connectivity index (χ1) is 13.0. The van der Waals surface area contributed by atoms with Crippen molar-refractivity contribution in [2.45, 2.75) is 46.3 Å². The fourth-order valence-corrected chi connectivity index (χ4v) is 3.85. The minimum Gasteiger partial charge on any atom is -0.295 e. The Labute approximate surface area is 171 Å². The first-order valence-electron chi connectivity index (χ1n) is 9.34. The van der Waals surface area contributed by atoms with Crippen LogP contribution in [0.1, 0.15) is 39.2 Å². The average molecular weight is 457 g/mol. The molecule has 8 heteroatoms. The van der Waals surface area contributed by atoms with Gasteiger partial charge in [0.05, 0.1) is 16.5 Å². The number of benzene rings is 1. The second kappa shape index (κ2) is 8.03. The second-order valence-electron chi connectivity index (χ2n) is 8.54. The normalized spacial score (nSPS) is 17.0. The SMILES string of the molecule is CC(C)(C)Cn1nnc2c(Br)c(C#CC3CCN(CC(F)(F)F)CC3)ccc21.